The Labute approximate surface area is 151 Å². The molecule has 0 radical (unpaired) electrons. The standard InChI is InChI=1S/C20H17N3O3/c21-10-3-12-23(15-19-5-2-13-25-19)20(24)16-6-8-17(9-7-16)26-18-4-1-11-22-14-18/h1-2,4-9,11,13-14H,3,12,15H2. The largest absolute Gasteiger partial charge is 0.467 e. The minimum absolute atomic E-state index is 0.162. The number of rotatable bonds is 7. The number of aromatic nitrogens is 1. The number of carbonyl (C=O) groups excluding carboxylic acids is 1. The van der Waals surface area contributed by atoms with Crippen molar-refractivity contribution >= 4 is 5.91 Å². The topological polar surface area (TPSA) is 79.4 Å². The Kier molecular flexibility index (Phi) is 5.63. The third kappa shape index (κ3) is 4.48. The lowest BCUT2D eigenvalue weighted by molar-refractivity contribution is 0.0735. The summed E-state index contributed by atoms with van der Waals surface area (Å²) in [5.41, 5.74) is 0.521. The second-order valence-corrected chi connectivity index (χ2v) is 5.53. The van der Waals surface area contributed by atoms with Gasteiger partial charge in [0.25, 0.3) is 5.91 Å². The lowest BCUT2D eigenvalue weighted by atomic mass is 10.2. The van der Waals surface area contributed by atoms with Crippen LogP contribution in [0.5, 0.6) is 11.5 Å². The zero-order valence-electron chi connectivity index (χ0n) is 14.0. The summed E-state index contributed by atoms with van der Waals surface area (Å²) >= 11 is 0. The van der Waals surface area contributed by atoms with Gasteiger partial charge in [0.2, 0.25) is 0 Å². The van der Waals surface area contributed by atoms with E-state index in [4.69, 9.17) is 14.4 Å². The lowest BCUT2D eigenvalue weighted by Crippen LogP contribution is -2.31. The van der Waals surface area contributed by atoms with E-state index in [-0.39, 0.29) is 12.3 Å². The van der Waals surface area contributed by atoms with Crippen molar-refractivity contribution in [3.8, 4) is 17.6 Å². The first kappa shape index (κ1) is 17.2. The maximum Gasteiger partial charge on any atom is 0.254 e. The number of amides is 1. The predicted molar refractivity (Wildman–Crippen MR) is 94.4 cm³/mol. The van der Waals surface area contributed by atoms with Gasteiger partial charge in [-0.3, -0.25) is 9.78 Å². The van der Waals surface area contributed by atoms with E-state index < -0.39 is 0 Å². The summed E-state index contributed by atoms with van der Waals surface area (Å²) in [5, 5.41) is 8.84. The average molecular weight is 347 g/mol. The molecule has 0 spiro atoms. The number of ether oxygens (including phenoxy) is 1. The molecule has 0 bridgehead atoms. The Morgan fingerprint density at radius 3 is 2.65 bits per heavy atom. The van der Waals surface area contributed by atoms with E-state index in [0.717, 1.165) is 0 Å². The molecule has 6 nitrogen and oxygen atoms in total. The summed E-state index contributed by atoms with van der Waals surface area (Å²) in [6.07, 6.45) is 5.11. The first-order valence-electron chi connectivity index (χ1n) is 8.13. The molecule has 2 heterocycles. The van der Waals surface area contributed by atoms with Crippen molar-refractivity contribution in [1.82, 2.24) is 9.88 Å². The number of hydrogen-bond acceptors (Lipinski definition) is 5. The monoisotopic (exact) mass is 347 g/mol. The van der Waals surface area contributed by atoms with Crippen molar-refractivity contribution in [2.75, 3.05) is 6.54 Å². The van der Waals surface area contributed by atoms with Crippen molar-refractivity contribution in [3.63, 3.8) is 0 Å². The molecular formula is C20H17N3O3. The number of benzene rings is 1. The molecule has 3 aromatic rings. The summed E-state index contributed by atoms with van der Waals surface area (Å²) in [5.74, 6) is 1.75. The number of hydrogen-bond donors (Lipinski definition) is 0. The highest BCUT2D eigenvalue weighted by Gasteiger charge is 2.17. The highest BCUT2D eigenvalue weighted by Crippen LogP contribution is 2.21. The molecule has 1 amide bonds. The highest BCUT2D eigenvalue weighted by atomic mass is 16.5. The summed E-state index contributed by atoms with van der Waals surface area (Å²) in [6.45, 7) is 0.658. The fourth-order valence-electron chi connectivity index (χ4n) is 2.42. The Balaban J connectivity index is 1.71. The Morgan fingerprint density at radius 1 is 1.15 bits per heavy atom. The zero-order chi connectivity index (χ0) is 18.2. The number of nitrogens with zero attached hydrogens (tertiary/aromatic N) is 3. The predicted octanol–water partition coefficient (Wildman–Crippen LogP) is 4.02. The van der Waals surface area contributed by atoms with Gasteiger partial charge >= 0.3 is 0 Å². The molecule has 0 aliphatic heterocycles. The molecule has 6 heteroatoms. The average Bonchev–Trinajstić information content (AvgIpc) is 3.19. The fraction of sp³-hybridized carbons (Fsp3) is 0.150. The Bertz CT molecular complexity index is 869. The molecule has 0 aliphatic carbocycles. The van der Waals surface area contributed by atoms with Crippen LogP contribution in [0.4, 0.5) is 0 Å². The van der Waals surface area contributed by atoms with E-state index in [1.54, 1.807) is 72.1 Å². The van der Waals surface area contributed by atoms with Gasteiger partial charge in [0, 0.05) is 18.3 Å². The summed E-state index contributed by atoms with van der Waals surface area (Å²) in [4.78, 5) is 18.4. The Morgan fingerprint density at radius 2 is 2.00 bits per heavy atom. The summed E-state index contributed by atoms with van der Waals surface area (Å²) in [6, 6.07) is 16.1. The van der Waals surface area contributed by atoms with Gasteiger partial charge in [-0.15, -0.1) is 0 Å². The van der Waals surface area contributed by atoms with Gasteiger partial charge in [-0.05, 0) is 48.5 Å². The van der Waals surface area contributed by atoms with Gasteiger partial charge in [0.15, 0.2) is 0 Å². The van der Waals surface area contributed by atoms with Crippen LogP contribution in [0.2, 0.25) is 0 Å². The third-order valence-electron chi connectivity index (χ3n) is 3.68. The molecule has 0 N–H and O–H groups in total. The van der Waals surface area contributed by atoms with Crippen LogP contribution < -0.4 is 4.74 Å². The van der Waals surface area contributed by atoms with Crippen LogP contribution in [0.25, 0.3) is 0 Å². The summed E-state index contributed by atoms with van der Waals surface area (Å²) < 4.78 is 11.0. The second kappa shape index (κ2) is 8.49. The SMILES string of the molecule is N#CCCN(Cc1ccco1)C(=O)c1ccc(Oc2cccnc2)cc1. The van der Waals surface area contributed by atoms with E-state index >= 15 is 0 Å². The van der Waals surface area contributed by atoms with Crippen LogP contribution in [-0.2, 0) is 6.54 Å². The second-order valence-electron chi connectivity index (χ2n) is 5.53. The molecule has 1 aromatic carbocycles. The van der Waals surface area contributed by atoms with Crippen LogP contribution in [0.3, 0.4) is 0 Å². The minimum Gasteiger partial charge on any atom is -0.467 e. The normalized spacial score (nSPS) is 10.1. The molecule has 3 rings (SSSR count). The smallest absolute Gasteiger partial charge is 0.254 e. The molecule has 2 aromatic heterocycles. The van der Waals surface area contributed by atoms with Crippen molar-refractivity contribution in [1.29, 1.82) is 5.26 Å². The Hall–Kier alpha value is -3.59. The number of nitriles is 1. The first-order valence-corrected chi connectivity index (χ1v) is 8.13. The molecule has 0 atom stereocenters. The van der Waals surface area contributed by atoms with E-state index in [0.29, 0.717) is 35.9 Å². The van der Waals surface area contributed by atoms with Crippen LogP contribution >= 0.6 is 0 Å². The molecule has 130 valence electrons. The van der Waals surface area contributed by atoms with E-state index in [1.165, 1.54) is 0 Å². The van der Waals surface area contributed by atoms with Gasteiger partial charge in [-0.1, -0.05) is 0 Å². The van der Waals surface area contributed by atoms with Crippen LogP contribution in [0, 0.1) is 11.3 Å². The fourth-order valence-corrected chi connectivity index (χ4v) is 2.42. The van der Waals surface area contributed by atoms with E-state index in [1.807, 2.05) is 0 Å². The summed E-state index contributed by atoms with van der Waals surface area (Å²) in [7, 11) is 0. The van der Waals surface area contributed by atoms with Crippen LogP contribution in [0.15, 0.2) is 71.6 Å². The molecule has 0 aliphatic rings. The van der Waals surface area contributed by atoms with E-state index in [2.05, 4.69) is 11.1 Å². The third-order valence-corrected chi connectivity index (χ3v) is 3.68. The molecule has 26 heavy (non-hydrogen) atoms. The van der Waals surface area contributed by atoms with Crippen molar-refractivity contribution < 1.29 is 13.9 Å². The number of furan rings is 1. The number of pyridine rings is 1. The molecule has 0 saturated heterocycles. The molecule has 0 unspecified atom stereocenters. The molecular weight excluding hydrogens is 330 g/mol. The quantitative estimate of drug-likeness (QED) is 0.645. The van der Waals surface area contributed by atoms with E-state index in [9.17, 15) is 4.79 Å². The van der Waals surface area contributed by atoms with Crippen molar-refractivity contribution in [2.24, 2.45) is 0 Å². The molecule has 0 fully saturated rings. The number of carbonyl (C=O) groups is 1. The van der Waals surface area contributed by atoms with Gasteiger partial charge in [0.05, 0.1) is 31.5 Å². The van der Waals surface area contributed by atoms with Crippen molar-refractivity contribution in [3.05, 3.63) is 78.5 Å². The maximum atomic E-state index is 12.8. The van der Waals surface area contributed by atoms with Crippen LogP contribution in [-0.4, -0.2) is 22.3 Å². The minimum atomic E-state index is -0.162. The lowest BCUT2D eigenvalue weighted by Gasteiger charge is -2.20. The maximum absolute atomic E-state index is 12.8. The van der Waals surface area contributed by atoms with Gasteiger partial charge in [-0.25, -0.2) is 0 Å². The van der Waals surface area contributed by atoms with Gasteiger partial charge in [-0.2, -0.15) is 5.26 Å². The highest BCUT2D eigenvalue weighted by molar-refractivity contribution is 5.94. The van der Waals surface area contributed by atoms with Crippen molar-refractivity contribution in [2.45, 2.75) is 13.0 Å². The van der Waals surface area contributed by atoms with Crippen LogP contribution in [0.1, 0.15) is 22.5 Å². The van der Waals surface area contributed by atoms with Gasteiger partial charge < -0.3 is 14.1 Å². The van der Waals surface area contributed by atoms with Gasteiger partial charge in [0.1, 0.15) is 17.3 Å². The zero-order valence-corrected chi connectivity index (χ0v) is 14.0. The first-order chi connectivity index (χ1) is 12.8. The molecule has 0 saturated carbocycles.